The number of hydrogen-bond acceptors (Lipinski definition) is 6. The monoisotopic (exact) mass is 396 g/mol. The van der Waals surface area contributed by atoms with Crippen molar-refractivity contribution in [3.8, 4) is 0 Å². The fraction of sp³-hybridized carbons (Fsp3) is 0.591. The van der Waals surface area contributed by atoms with E-state index in [1.807, 2.05) is 24.4 Å². The lowest BCUT2D eigenvalue weighted by molar-refractivity contribution is -0.142. The summed E-state index contributed by atoms with van der Waals surface area (Å²) < 4.78 is 0. The summed E-state index contributed by atoms with van der Waals surface area (Å²) in [5.41, 5.74) is 0. The number of likely N-dealkylation sites (tertiary alicyclic amines) is 1. The molecule has 3 fully saturated rings. The molecule has 2 aliphatic carbocycles. The predicted octanol–water partition coefficient (Wildman–Crippen LogP) is 0.762. The molecule has 2 amide bonds. The highest BCUT2D eigenvalue weighted by atomic mass is 16.3. The molecule has 7 heteroatoms. The zero-order valence-electron chi connectivity index (χ0n) is 16.6. The largest absolute Gasteiger partial charge is 0.390 e. The van der Waals surface area contributed by atoms with E-state index in [2.05, 4.69) is 26.9 Å². The number of β-amino-alcohol motifs (C(OH)–C–C–N with tert-alkyl or cyclic N) is 1. The summed E-state index contributed by atoms with van der Waals surface area (Å²) in [5.74, 6) is 0.891. The summed E-state index contributed by atoms with van der Waals surface area (Å²) in [5, 5.41) is 10.7. The first-order valence-electron chi connectivity index (χ1n) is 10.7. The van der Waals surface area contributed by atoms with E-state index in [0.717, 1.165) is 44.8 Å². The summed E-state index contributed by atoms with van der Waals surface area (Å²) in [6.45, 7) is 4.10. The Labute approximate surface area is 171 Å². The van der Waals surface area contributed by atoms with Crippen molar-refractivity contribution < 1.29 is 14.7 Å². The van der Waals surface area contributed by atoms with Gasteiger partial charge in [0.1, 0.15) is 5.82 Å². The third-order valence-corrected chi connectivity index (χ3v) is 6.99. The van der Waals surface area contributed by atoms with Gasteiger partial charge in [0.15, 0.2) is 0 Å². The molecule has 1 N–H and O–H groups in total. The lowest BCUT2D eigenvalue weighted by Gasteiger charge is -2.26. The van der Waals surface area contributed by atoms with E-state index in [1.54, 1.807) is 0 Å². The van der Waals surface area contributed by atoms with Crippen molar-refractivity contribution in [2.75, 3.05) is 44.2 Å². The van der Waals surface area contributed by atoms with Crippen molar-refractivity contribution in [2.24, 2.45) is 23.7 Å². The first-order chi connectivity index (χ1) is 14.1. The van der Waals surface area contributed by atoms with E-state index >= 15 is 0 Å². The number of carbonyl (C=O) groups is 2. The summed E-state index contributed by atoms with van der Waals surface area (Å²) in [6.07, 6.45) is 7.22. The van der Waals surface area contributed by atoms with Gasteiger partial charge in [-0.05, 0) is 43.4 Å². The number of aliphatic hydroxyl groups is 1. The van der Waals surface area contributed by atoms with Crippen molar-refractivity contribution >= 4 is 17.6 Å². The molecule has 7 nitrogen and oxygen atoms in total. The van der Waals surface area contributed by atoms with E-state index < -0.39 is 6.10 Å². The Morgan fingerprint density at radius 1 is 1.00 bits per heavy atom. The predicted molar refractivity (Wildman–Crippen MR) is 108 cm³/mol. The number of imide groups is 1. The standard InChI is InChI=1S/C22H28N4O3/c27-17(13-24-8-3-9-25(11-10-24)18-4-1-2-7-23-18)14-26-21(28)19-15-5-6-16(12-15)20(19)22(26)29/h1-2,4-7,15-17,19-20,27H,3,8-14H2. The Balaban J connectivity index is 1.16. The normalized spacial score (nSPS) is 32.7. The molecule has 5 unspecified atom stereocenters. The number of fused-ring (bicyclic) bond motifs is 5. The Kier molecular flexibility index (Phi) is 4.87. The number of amides is 2. The topological polar surface area (TPSA) is 77.0 Å². The number of rotatable bonds is 5. The van der Waals surface area contributed by atoms with Gasteiger partial charge < -0.3 is 10.0 Å². The molecular weight excluding hydrogens is 368 g/mol. The van der Waals surface area contributed by atoms with Crippen LogP contribution in [0.1, 0.15) is 12.8 Å². The zero-order valence-corrected chi connectivity index (χ0v) is 16.6. The van der Waals surface area contributed by atoms with Gasteiger partial charge in [0.2, 0.25) is 11.8 Å². The van der Waals surface area contributed by atoms with Crippen molar-refractivity contribution in [1.82, 2.24) is 14.8 Å². The van der Waals surface area contributed by atoms with E-state index in [0.29, 0.717) is 6.54 Å². The molecule has 1 aromatic heterocycles. The molecule has 0 radical (unpaired) electrons. The van der Waals surface area contributed by atoms with Gasteiger partial charge in [0.05, 0.1) is 24.5 Å². The summed E-state index contributed by atoms with van der Waals surface area (Å²) >= 11 is 0. The number of aliphatic hydroxyl groups excluding tert-OH is 1. The molecule has 2 aliphatic heterocycles. The number of pyridine rings is 1. The maximum atomic E-state index is 12.8. The van der Waals surface area contributed by atoms with Crippen LogP contribution in [0.15, 0.2) is 36.5 Å². The molecule has 3 heterocycles. The highest BCUT2D eigenvalue weighted by Gasteiger charge is 2.59. The molecule has 1 aromatic rings. The van der Waals surface area contributed by atoms with Crippen LogP contribution in [-0.2, 0) is 9.59 Å². The SMILES string of the molecule is O=C1C2C3C=CC(C3)C2C(=O)N1CC(O)CN1CCCN(c2ccccn2)CC1. The molecule has 29 heavy (non-hydrogen) atoms. The van der Waals surface area contributed by atoms with Crippen molar-refractivity contribution in [3.63, 3.8) is 0 Å². The minimum absolute atomic E-state index is 0.0758. The maximum absolute atomic E-state index is 12.8. The quantitative estimate of drug-likeness (QED) is 0.585. The first-order valence-corrected chi connectivity index (χ1v) is 10.7. The number of nitrogens with zero attached hydrogens (tertiary/aromatic N) is 4. The van der Waals surface area contributed by atoms with Gasteiger partial charge in [0.25, 0.3) is 0 Å². The van der Waals surface area contributed by atoms with Gasteiger partial charge >= 0.3 is 0 Å². The number of hydrogen-bond donors (Lipinski definition) is 1. The number of carbonyl (C=O) groups excluding carboxylic acids is 2. The second kappa shape index (κ2) is 7.54. The lowest BCUT2D eigenvalue weighted by atomic mass is 9.85. The molecular formula is C22H28N4O3. The highest BCUT2D eigenvalue weighted by molar-refractivity contribution is 6.06. The van der Waals surface area contributed by atoms with Gasteiger partial charge in [-0.15, -0.1) is 0 Å². The molecule has 0 spiro atoms. The molecule has 4 aliphatic rings. The van der Waals surface area contributed by atoms with E-state index in [9.17, 15) is 14.7 Å². The molecule has 5 atom stereocenters. The number of aromatic nitrogens is 1. The van der Waals surface area contributed by atoms with Crippen molar-refractivity contribution in [1.29, 1.82) is 0 Å². The molecule has 5 rings (SSSR count). The molecule has 1 saturated carbocycles. The zero-order chi connectivity index (χ0) is 20.0. The van der Waals surface area contributed by atoms with E-state index in [-0.39, 0.29) is 42.0 Å². The smallest absolute Gasteiger partial charge is 0.233 e. The van der Waals surface area contributed by atoms with Crippen LogP contribution in [0.4, 0.5) is 5.82 Å². The average Bonchev–Trinajstić information content (AvgIpc) is 3.35. The Bertz CT molecular complexity index is 784. The number of allylic oxidation sites excluding steroid dienone is 2. The van der Waals surface area contributed by atoms with Crippen molar-refractivity contribution in [2.45, 2.75) is 18.9 Å². The molecule has 0 aromatic carbocycles. The molecule has 2 saturated heterocycles. The fourth-order valence-corrected chi connectivity index (χ4v) is 5.63. The second-order valence-electron chi connectivity index (χ2n) is 8.77. The lowest BCUT2D eigenvalue weighted by Crippen LogP contribution is -2.44. The van der Waals surface area contributed by atoms with Crippen LogP contribution >= 0.6 is 0 Å². The van der Waals surface area contributed by atoms with Gasteiger partial charge in [0, 0.05) is 32.4 Å². The third kappa shape index (κ3) is 3.36. The van der Waals surface area contributed by atoms with Crippen molar-refractivity contribution in [3.05, 3.63) is 36.5 Å². The highest BCUT2D eigenvalue weighted by Crippen LogP contribution is 2.52. The first kappa shape index (κ1) is 18.8. The van der Waals surface area contributed by atoms with Gasteiger partial charge in [-0.1, -0.05) is 18.2 Å². The van der Waals surface area contributed by atoms with Crippen LogP contribution in [-0.4, -0.2) is 77.1 Å². The van der Waals surface area contributed by atoms with E-state index in [1.165, 1.54) is 4.90 Å². The van der Waals surface area contributed by atoms with Crippen LogP contribution in [0.25, 0.3) is 0 Å². The molecule has 2 bridgehead atoms. The maximum Gasteiger partial charge on any atom is 0.233 e. The van der Waals surface area contributed by atoms with Gasteiger partial charge in [-0.3, -0.25) is 19.4 Å². The Hall–Kier alpha value is -2.25. The van der Waals surface area contributed by atoms with Crippen LogP contribution in [0.3, 0.4) is 0 Å². The van der Waals surface area contributed by atoms with Crippen LogP contribution in [0.2, 0.25) is 0 Å². The number of anilines is 1. The second-order valence-corrected chi connectivity index (χ2v) is 8.77. The summed E-state index contributed by atoms with van der Waals surface area (Å²) in [4.78, 5) is 35.9. The van der Waals surface area contributed by atoms with E-state index in [4.69, 9.17) is 0 Å². The Morgan fingerprint density at radius 2 is 1.76 bits per heavy atom. The minimum atomic E-state index is -0.714. The Morgan fingerprint density at radius 3 is 2.45 bits per heavy atom. The summed E-state index contributed by atoms with van der Waals surface area (Å²) in [6, 6.07) is 5.93. The van der Waals surface area contributed by atoms with Crippen LogP contribution in [0, 0.1) is 23.7 Å². The van der Waals surface area contributed by atoms with Gasteiger partial charge in [-0.25, -0.2) is 4.98 Å². The third-order valence-electron chi connectivity index (χ3n) is 6.99. The van der Waals surface area contributed by atoms with Crippen LogP contribution in [0.5, 0.6) is 0 Å². The van der Waals surface area contributed by atoms with Crippen LogP contribution < -0.4 is 4.90 Å². The summed E-state index contributed by atoms with van der Waals surface area (Å²) in [7, 11) is 0. The fourth-order valence-electron chi connectivity index (χ4n) is 5.63. The average molecular weight is 396 g/mol. The van der Waals surface area contributed by atoms with Gasteiger partial charge in [-0.2, -0.15) is 0 Å². The minimum Gasteiger partial charge on any atom is -0.390 e. The molecule has 154 valence electrons.